The lowest BCUT2D eigenvalue weighted by atomic mass is 10.1. The molecular weight excluding hydrogens is 434 g/mol. The Hall–Kier alpha value is -2.72. The van der Waals surface area contributed by atoms with Gasteiger partial charge in [-0.25, -0.2) is 13.8 Å². The molecule has 0 saturated carbocycles. The Bertz CT molecular complexity index is 1020. The van der Waals surface area contributed by atoms with Gasteiger partial charge in [0.25, 0.3) is 0 Å². The van der Waals surface area contributed by atoms with Gasteiger partial charge in [0, 0.05) is 28.8 Å². The first-order chi connectivity index (χ1) is 13.4. The van der Waals surface area contributed by atoms with E-state index in [-0.39, 0.29) is 22.4 Å². The molecule has 4 N–H and O–H groups in total. The Balaban J connectivity index is 1.98. The predicted molar refractivity (Wildman–Crippen MR) is 109 cm³/mol. The summed E-state index contributed by atoms with van der Waals surface area (Å²) in [5.41, 5.74) is 0.773. The van der Waals surface area contributed by atoms with Gasteiger partial charge in [-0.05, 0) is 38.4 Å². The van der Waals surface area contributed by atoms with Crippen molar-refractivity contribution in [2.75, 3.05) is 37.8 Å². The van der Waals surface area contributed by atoms with E-state index in [4.69, 9.17) is 0 Å². The van der Waals surface area contributed by atoms with Crippen molar-refractivity contribution in [1.29, 1.82) is 0 Å². The fourth-order valence-corrected chi connectivity index (χ4v) is 3.02. The number of hydrogen-bond acceptors (Lipinski definition) is 5. The molecule has 0 bridgehead atoms. The van der Waals surface area contributed by atoms with Crippen molar-refractivity contribution in [3.05, 3.63) is 52.0 Å². The van der Waals surface area contributed by atoms with E-state index in [0.717, 1.165) is 17.1 Å². The zero-order valence-corrected chi connectivity index (χ0v) is 16.8. The molecule has 10 heteroatoms. The highest BCUT2D eigenvalue weighted by molar-refractivity contribution is 9.10. The van der Waals surface area contributed by atoms with Crippen LogP contribution in [0.3, 0.4) is 0 Å². The second-order valence-electron chi connectivity index (χ2n) is 6.34. The highest BCUT2D eigenvalue weighted by Crippen LogP contribution is 2.26. The summed E-state index contributed by atoms with van der Waals surface area (Å²) in [6.07, 6.45) is 0. The van der Waals surface area contributed by atoms with E-state index in [1.807, 2.05) is 25.1 Å². The number of amidine groups is 1. The van der Waals surface area contributed by atoms with Gasteiger partial charge >= 0.3 is 0 Å². The fraction of sp³-hybridized carbons (Fsp3) is 0.222. The molecule has 0 saturated heterocycles. The van der Waals surface area contributed by atoms with E-state index < -0.39 is 11.6 Å². The molecule has 3 aromatic rings. The fourth-order valence-electron chi connectivity index (χ4n) is 2.62. The zero-order valence-electron chi connectivity index (χ0n) is 15.2. The van der Waals surface area contributed by atoms with Crippen LogP contribution < -0.4 is 10.6 Å². The maximum Gasteiger partial charge on any atom is 0.201 e. The van der Waals surface area contributed by atoms with Gasteiger partial charge in [-0.3, -0.25) is 0 Å². The van der Waals surface area contributed by atoms with E-state index in [1.54, 1.807) is 18.2 Å². The molecule has 28 heavy (non-hydrogen) atoms. The molecule has 0 aliphatic rings. The molecule has 0 unspecified atom stereocenters. The topological polar surface area (TPSA) is 88.6 Å². The SMILES string of the molecule is CN(C)CCNc1nc2c(F)c(F)cc(/C(=N/O)Nc3cccc(Br)c3)c2[nH]1. The minimum atomic E-state index is -1.09. The van der Waals surface area contributed by atoms with Crippen LogP contribution in [0.25, 0.3) is 11.0 Å². The van der Waals surface area contributed by atoms with Gasteiger partial charge in [0.05, 0.1) is 5.52 Å². The van der Waals surface area contributed by atoms with Crippen LogP contribution in [0, 0.1) is 11.6 Å². The zero-order chi connectivity index (χ0) is 20.3. The van der Waals surface area contributed by atoms with Crippen molar-refractivity contribution < 1.29 is 14.0 Å². The lowest BCUT2D eigenvalue weighted by Crippen LogP contribution is -2.21. The van der Waals surface area contributed by atoms with Crippen LogP contribution in [0.15, 0.2) is 40.0 Å². The minimum absolute atomic E-state index is 0.0505. The second kappa shape index (κ2) is 8.53. The van der Waals surface area contributed by atoms with Crippen molar-refractivity contribution in [2.24, 2.45) is 5.16 Å². The first kappa shape index (κ1) is 20.0. The first-order valence-corrected chi connectivity index (χ1v) is 9.19. The number of anilines is 2. The van der Waals surface area contributed by atoms with E-state index in [1.165, 1.54) is 0 Å². The van der Waals surface area contributed by atoms with E-state index in [9.17, 15) is 14.0 Å². The van der Waals surface area contributed by atoms with Gasteiger partial charge in [0.2, 0.25) is 5.95 Å². The number of aromatic amines is 1. The third-order valence-corrected chi connectivity index (χ3v) is 4.45. The van der Waals surface area contributed by atoms with E-state index in [0.29, 0.717) is 18.2 Å². The Morgan fingerprint density at radius 2 is 2.11 bits per heavy atom. The van der Waals surface area contributed by atoms with Gasteiger partial charge in [-0.15, -0.1) is 0 Å². The predicted octanol–water partition coefficient (Wildman–Crippen LogP) is 3.83. The number of aromatic nitrogens is 2. The number of oxime groups is 1. The van der Waals surface area contributed by atoms with Crippen LogP contribution in [0.4, 0.5) is 20.4 Å². The molecule has 0 amide bonds. The third-order valence-electron chi connectivity index (χ3n) is 3.96. The number of rotatable bonds is 6. The average Bonchev–Trinajstić information content (AvgIpc) is 3.07. The summed E-state index contributed by atoms with van der Waals surface area (Å²) in [6.45, 7) is 1.29. The molecule has 148 valence electrons. The monoisotopic (exact) mass is 452 g/mol. The van der Waals surface area contributed by atoms with Crippen LogP contribution in [-0.4, -0.2) is 53.1 Å². The number of halogens is 3. The molecule has 7 nitrogen and oxygen atoms in total. The Morgan fingerprint density at radius 1 is 1.32 bits per heavy atom. The lowest BCUT2D eigenvalue weighted by Gasteiger charge is -2.10. The van der Waals surface area contributed by atoms with Gasteiger partial charge in [0.1, 0.15) is 5.52 Å². The standard InChI is InChI=1S/C18H19BrF2N6O/c1-27(2)7-6-22-18-24-15-12(9-13(20)14(21)16(15)25-18)17(26-28)23-11-5-3-4-10(19)8-11/h3-5,8-9,28H,6-7H2,1-2H3,(H,23,26)(H2,22,24,25). The van der Waals surface area contributed by atoms with Crippen LogP contribution in [-0.2, 0) is 0 Å². The average molecular weight is 453 g/mol. The number of hydrogen-bond donors (Lipinski definition) is 4. The van der Waals surface area contributed by atoms with Gasteiger partial charge in [-0.1, -0.05) is 27.2 Å². The third kappa shape index (κ3) is 4.39. The minimum Gasteiger partial charge on any atom is -0.409 e. The molecule has 0 radical (unpaired) electrons. The van der Waals surface area contributed by atoms with Crippen LogP contribution >= 0.6 is 15.9 Å². The quantitative estimate of drug-likeness (QED) is 0.197. The Labute approximate surface area is 168 Å². The molecule has 0 atom stereocenters. The maximum atomic E-state index is 14.3. The molecule has 1 heterocycles. The summed E-state index contributed by atoms with van der Waals surface area (Å²) in [5, 5.41) is 18.6. The van der Waals surface area contributed by atoms with Crippen LogP contribution in [0.5, 0.6) is 0 Å². The highest BCUT2D eigenvalue weighted by atomic mass is 79.9. The van der Waals surface area contributed by atoms with Gasteiger partial charge < -0.3 is 25.7 Å². The van der Waals surface area contributed by atoms with Crippen molar-refractivity contribution in [1.82, 2.24) is 14.9 Å². The summed E-state index contributed by atoms with van der Waals surface area (Å²) >= 11 is 3.35. The molecule has 2 aromatic carbocycles. The summed E-state index contributed by atoms with van der Waals surface area (Å²) in [7, 11) is 3.84. The van der Waals surface area contributed by atoms with Gasteiger partial charge in [0.15, 0.2) is 17.5 Å². The van der Waals surface area contributed by atoms with Crippen LogP contribution in [0.1, 0.15) is 5.56 Å². The number of benzene rings is 2. The molecule has 0 spiro atoms. The molecule has 1 aromatic heterocycles. The van der Waals surface area contributed by atoms with Crippen molar-refractivity contribution >= 4 is 44.4 Å². The maximum absolute atomic E-state index is 14.3. The second-order valence-corrected chi connectivity index (χ2v) is 7.26. The molecule has 3 rings (SSSR count). The van der Waals surface area contributed by atoms with E-state index in [2.05, 4.69) is 41.7 Å². The lowest BCUT2D eigenvalue weighted by molar-refractivity contribution is 0.319. The smallest absolute Gasteiger partial charge is 0.201 e. The summed E-state index contributed by atoms with van der Waals surface area (Å²) in [6, 6.07) is 8.07. The number of fused-ring (bicyclic) bond motifs is 1. The molecule has 0 aliphatic heterocycles. The number of nitrogens with zero attached hydrogens (tertiary/aromatic N) is 3. The van der Waals surface area contributed by atoms with Gasteiger partial charge in [-0.2, -0.15) is 0 Å². The van der Waals surface area contributed by atoms with Crippen molar-refractivity contribution in [2.45, 2.75) is 0 Å². The molecule has 0 fully saturated rings. The summed E-state index contributed by atoms with van der Waals surface area (Å²) < 4.78 is 29.2. The van der Waals surface area contributed by atoms with Crippen molar-refractivity contribution in [3.8, 4) is 0 Å². The number of nitrogens with one attached hydrogen (secondary N) is 3. The first-order valence-electron chi connectivity index (χ1n) is 8.40. The number of likely N-dealkylation sites (N-methyl/N-ethyl adjacent to an activating group) is 1. The van der Waals surface area contributed by atoms with Crippen molar-refractivity contribution in [3.63, 3.8) is 0 Å². The highest BCUT2D eigenvalue weighted by Gasteiger charge is 2.20. The Kier molecular flexibility index (Phi) is 6.10. The largest absolute Gasteiger partial charge is 0.409 e. The molecular formula is C18H19BrF2N6O. The number of H-pyrrole nitrogens is 1. The summed E-state index contributed by atoms with van der Waals surface area (Å²) in [5.74, 6) is -1.92. The number of imidazole rings is 1. The Morgan fingerprint density at radius 3 is 2.79 bits per heavy atom. The normalized spacial score (nSPS) is 12.0. The molecule has 0 aliphatic carbocycles. The summed E-state index contributed by atoms with van der Waals surface area (Å²) in [4.78, 5) is 9.00. The van der Waals surface area contributed by atoms with Crippen LogP contribution in [0.2, 0.25) is 0 Å². The van der Waals surface area contributed by atoms with E-state index >= 15 is 0 Å².